The molecular formula is C43H50. The lowest BCUT2D eigenvalue weighted by Gasteiger charge is -2.33. The lowest BCUT2D eigenvalue weighted by Crippen LogP contribution is -2.25. The van der Waals surface area contributed by atoms with Gasteiger partial charge < -0.3 is 0 Å². The fourth-order valence-electron chi connectivity index (χ4n) is 7.25. The van der Waals surface area contributed by atoms with E-state index in [1.807, 2.05) is 12.2 Å². The second kappa shape index (κ2) is 14.7. The van der Waals surface area contributed by atoms with E-state index >= 15 is 0 Å². The van der Waals surface area contributed by atoms with Gasteiger partial charge in [-0.05, 0) is 96.9 Å². The van der Waals surface area contributed by atoms with Crippen LogP contribution in [0.25, 0.3) is 23.3 Å². The van der Waals surface area contributed by atoms with Crippen molar-refractivity contribution in [3.63, 3.8) is 0 Å². The molecule has 222 valence electrons. The summed E-state index contributed by atoms with van der Waals surface area (Å²) < 4.78 is 0. The number of rotatable bonds is 16. The normalized spacial score (nSPS) is 13.0. The monoisotopic (exact) mass is 566 g/mol. The van der Waals surface area contributed by atoms with Gasteiger partial charge in [0.05, 0.1) is 0 Å². The summed E-state index contributed by atoms with van der Waals surface area (Å²) in [5, 5.41) is 0. The summed E-state index contributed by atoms with van der Waals surface area (Å²) in [5.41, 5.74) is 14.4. The van der Waals surface area contributed by atoms with Crippen molar-refractivity contribution in [3.05, 3.63) is 143 Å². The van der Waals surface area contributed by atoms with Crippen molar-refractivity contribution < 1.29 is 0 Å². The number of unbranched alkanes of at least 4 members (excludes halogenated alkanes) is 6. The zero-order valence-corrected chi connectivity index (χ0v) is 26.6. The first kappa shape index (κ1) is 30.8. The fourth-order valence-corrected chi connectivity index (χ4v) is 7.25. The smallest absolute Gasteiger partial charge is 0.0215 e. The summed E-state index contributed by atoms with van der Waals surface area (Å²) >= 11 is 0. The molecule has 0 N–H and O–H groups in total. The van der Waals surface area contributed by atoms with E-state index in [4.69, 9.17) is 0 Å². The molecule has 0 heterocycles. The van der Waals surface area contributed by atoms with Crippen molar-refractivity contribution in [2.45, 2.75) is 96.3 Å². The molecule has 4 aromatic carbocycles. The van der Waals surface area contributed by atoms with Gasteiger partial charge in [-0.2, -0.15) is 0 Å². The molecule has 0 bridgehead atoms. The molecule has 1 aliphatic carbocycles. The van der Waals surface area contributed by atoms with Gasteiger partial charge in [0.15, 0.2) is 0 Å². The van der Waals surface area contributed by atoms with Crippen LogP contribution in [0.1, 0.15) is 109 Å². The Labute approximate surface area is 261 Å². The third-order valence-corrected chi connectivity index (χ3v) is 9.74. The Morgan fingerprint density at radius 2 is 0.884 bits per heavy atom. The zero-order chi connectivity index (χ0) is 30.1. The Balaban J connectivity index is 1.23. The molecule has 0 saturated carbocycles. The van der Waals surface area contributed by atoms with Crippen LogP contribution in [-0.2, 0) is 18.3 Å². The highest BCUT2D eigenvalue weighted by molar-refractivity contribution is 5.81. The molecule has 0 heteroatoms. The maximum Gasteiger partial charge on any atom is 0.0215 e. The van der Waals surface area contributed by atoms with E-state index in [1.54, 1.807) is 11.1 Å². The Kier molecular flexibility index (Phi) is 10.5. The molecule has 0 aliphatic heterocycles. The van der Waals surface area contributed by atoms with Crippen LogP contribution in [0.2, 0.25) is 0 Å². The van der Waals surface area contributed by atoms with Crippen molar-refractivity contribution in [1.82, 2.24) is 0 Å². The van der Waals surface area contributed by atoms with Crippen molar-refractivity contribution in [1.29, 1.82) is 0 Å². The molecule has 43 heavy (non-hydrogen) atoms. The number of fused-ring (bicyclic) bond motifs is 3. The highest BCUT2D eigenvalue weighted by Crippen LogP contribution is 2.54. The van der Waals surface area contributed by atoms with Gasteiger partial charge >= 0.3 is 0 Å². The van der Waals surface area contributed by atoms with Gasteiger partial charge in [0.2, 0.25) is 0 Å². The Morgan fingerprint density at radius 1 is 0.488 bits per heavy atom. The molecule has 0 nitrogen and oxygen atoms in total. The Hall–Kier alpha value is -3.64. The van der Waals surface area contributed by atoms with Gasteiger partial charge in [0.1, 0.15) is 0 Å². The minimum Gasteiger partial charge on any atom is -0.0985 e. The first-order valence-electron chi connectivity index (χ1n) is 16.7. The van der Waals surface area contributed by atoms with Gasteiger partial charge in [0.25, 0.3) is 0 Å². The lowest BCUT2D eigenvalue weighted by molar-refractivity contribution is 0.399. The average molecular weight is 567 g/mol. The van der Waals surface area contributed by atoms with Crippen LogP contribution in [0, 0.1) is 13.8 Å². The average Bonchev–Trinajstić information content (AvgIpc) is 3.29. The molecule has 0 saturated heterocycles. The van der Waals surface area contributed by atoms with Crippen molar-refractivity contribution in [2.24, 2.45) is 0 Å². The van der Waals surface area contributed by atoms with Gasteiger partial charge in [-0.25, -0.2) is 0 Å². The van der Waals surface area contributed by atoms with Crippen LogP contribution >= 0.6 is 0 Å². The summed E-state index contributed by atoms with van der Waals surface area (Å²) in [6.07, 6.45) is 19.0. The van der Waals surface area contributed by atoms with Gasteiger partial charge in [-0.15, -0.1) is 0 Å². The van der Waals surface area contributed by atoms with E-state index in [9.17, 15) is 0 Å². The molecule has 0 unspecified atom stereocenters. The second-order valence-corrected chi connectivity index (χ2v) is 12.9. The van der Waals surface area contributed by atoms with E-state index in [0.29, 0.717) is 0 Å². The number of aryl methyl sites for hydroxylation is 4. The number of hydrogen-bond donors (Lipinski definition) is 0. The van der Waals surface area contributed by atoms with Gasteiger partial charge in [-0.3, -0.25) is 0 Å². The standard InChI is InChI=1S/C43H50/c1-5-35-19-23-37(24-20-35)15-11-7-9-13-29-43(30-14-10-8-12-16-38-25-21-36(6-2)22-26-38)41-31-33(3)17-27-39(41)40-28-18-34(4)32-42(40)43/h5-6,17-28,31-32H,1-2,7-16,29-30H2,3-4H3. The fraction of sp³-hybridized carbons (Fsp3) is 0.349. The maximum absolute atomic E-state index is 3.88. The van der Waals surface area contributed by atoms with Crippen LogP contribution in [-0.4, -0.2) is 0 Å². The van der Waals surface area contributed by atoms with Crippen LogP contribution in [0.3, 0.4) is 0 Å². The number of hydrogen-bond acceptors (Lipinski definition) is 0. The summed E-state index contributed by atoms with van der Waals surface area (Å²) in [6.45, 7) is 12.3. The molecule has 0 radical (unpaired) electrons. The van der Waals surface area contributed by atoms with E-state index in [-0.39, 0.29) is 5.41 Å². The molecule has 5 rings (SSSR count). The van der Waals surface area contributed by atoms with Crippen molar-refractivity contribution in [3.8, 4) is 11.1 Å². The highest BCUT2D eigenvalue weighted by atomic mass is 14.4. The predicted octanol–water partition coefficient (Wildman–Crippen LogP) is 12.2. The highest BCUT2D eigenvalue weighted by Gasteiger charge is 2.42. The molecule has 1 aliphatic rings. The summed E-state index contributed by atoms with van der Waals surface area (Å²) in [6, 6.07) is 32.3. The van der Waals surface area contributed by atoms with Crippen LogP contribution in [0.15, 0.2) is 98.1 Å². The van der Waals surface area contributed by atoms with E-state index in [0.717, 1.165) is 0 Å². The SMILES string of the molecule is C=Cc1ccc(CCCCCCC2(CCCCCCc3ccc(C=C)cc3)c3cc(C)ccc3-c3ccc(C)cc32)cc1. The molecule has 4 aromatic rings. The summed E-state index contributed by atoms with van der Waals surface area (Å²) in [5.74, 6) is 0. The Morgan fingerprint density at radius 3 is 1.28 bits per heavy atom. The van der Waals surface area contributed by atoms with E-state index < -0.39 is 0 Å². The van der Waals surface area contributed by atoms with E-state index in [1.165, 1.54) is 122 Å². The van der Waals surface area contributed by atoms with Crippen LogP contribution < -0.4 is 0 Å². The summed E-state index contributed by atoms with van der Waals surface area (Å²) in [7, 11) is 0. The molecule has 0 atom stereocenters. The summed E-state index contributed by atoms with van der Waals surface area (Å²) in [4.78, 5) is 0. The van der Waals surface area contributed by atoms with Gasteiger partial charge in [0, 0.05) is 5.41 Å². The molecule has 0 fully saturated rings. The predicted molar refractivity (Wildman–Crippen MR) is 189 cm³/mol. The first-order valence-corrected chi connectivity index (χ1v) is 16.7. The van der Waals surface area contributed by atoms with E-state index in [2.05, 4.69) is 112 Å². The van der Waals surface area contributed by atoms with Gasteiger partial charge in [-0.1, -0.05) is 160 Å². The largest absolute Gasteiger partial charge is 0.0985 e. The quantitative estimate of drug-likeness (QED) is 0.118. The molecule has 0 aromatic heterocycles. The molecule has 0 amide bonds. The van der Waals surface area contributed by atoms with Crippen molar-refractivity contribution in [2.75, 3.05) is 0 Å². The maximum atomic E-state index is 3.88. The Bertz CT molecular complexity index is 1380. The first-order chi connectivity index (χ1) is 21.0. The third kappa shape index (κ3) is 7.48. The number of benzene rings is 4. The molecule has 0 spiro atoms. The topological polar surface area (TPSA) is 0 Å². The third-order valence-electron chi connectivity index (χ3n) is 9.74. The zero-order valence-electron chi connectivity index (χ0n) is 26.6. The molecular weight excluding hydrogens is 516 g/mol. The van der Waals surface area contributed by atoms with Crippen LogP contribution in [0.5, 0.6) is 0 Å². The minimum atomic E-state index is 0.143. The van der Waals surface area contributed by atoms with Crippen molar-refractivity contribution >= 4 is 12.2 Å². The lowest BCUT2D eigenvalue weighted by atomic mass is 9.70. The second-order valence-electron chi connectivity index (χ2n) is 12.9. The van der Waals surface area contributed by atoms with Crippen LogP contribution in [0.4, 0.5) is 0 Å². The minimum absolute atomic E-state index is 0.143.